The van der Waals surface area contributed by atoms with E-state index in [0.29, 0.717) is 32.1 Å². The molecule has 1 heterocycles. The zero-order valence-corrected chi connectivity index (χ0v) is 20.3. The molecule has 0 aromatic carbocycles. The number of carbonyl (C=O) groups is 1. The van der Waals surface area contributed by atoms with Crippen LogP contribution in [0.4, 0.5) is 10.6 Å². The van der Waals surface area contributed by atoms with Crippen molar-refractivity contribution in [1.82, 2.24) is 15.1 Å². The van der Waals surface area contributed by atoms with E-state index in [9.17, 15) is 4.79 Å². The number of nitrogens with two attached hydrogens (primary N) is 1. The van der Waals surface area contributed by atoms with Crippen LogP contribution in [-0.2, 0) is 16.0 Å². The summed E-state index contributed by atoms with van der Waals surface area (Å²) >= 11 is 0. The zero-order valence-electron chi connectivity index (χ0n) is 19.2. The zero-order chi connectivity index (χ0) is 21.8. The van der Waals surface area contributed by atoms with Crippen LogP contribution in [0.2, 0.25) is 10.1 Å². The molecule has 8 heteroatoms. The van der Waals surface area contributed by atoms with Crippen molar-refractivity contribution in [2.75, 3.05) is 25.5 Å². The summed E-state index contributed by atoms with van der Waals surface area (Å²) in [6.07, 6.45) is -0.428. The Bertz CT molecular complexity index is 625. The van der Waals surface area contributed by atoms with Gasteiger partial charge in [-0.25, -0.2) is 4.79 Å². The summed E-state index contributed by atoms with van der Waals surface area (Å²) < 4.78 is 12.9. The predicted octanol–water partition coefficient (Wildman–Crippen LogP) is 3.04. The first-order valence-electron chi connectivity index (χ1n) is 9.99. The lowest BCUT2D eigenvalue weighted by Gasteiger charge is -2.39. The van der Waals surface area contributed by atoms with Crippen molar-refractivity contribution in [1.29, 1.82) is 0 Å². The molecule has 0 radical (unpaired) electrons. The predicted molar refractivity (Wildman–Crippen MR) is 118 cm³/mol. The molecule has 0 atom stereocenters. The molecule has 7 nitrogen and oxygen atoms in total. The van der Waals surface area contributed by atoms with Crippen LogP contribution in [0, 0.1) is 0 Å². The monoisotopic (exact) mass is 412 g/mol. The summed E-state index contributed by atoms with van der Waals surface area (Å²) in [5, 5.41) is 8.88. The topological polar surface area (TPSA) is 91.4 Å². The average Bonchev–Trinajstić information content (AvgIpc) is 2.77. The minimum Gasteiger partial charge on any atom is -0.444 e. The Morgan fingerprint density at radius 2 is 1.68 bits per heavy atom. The number of hydrogen-bond donors (Lipinski definition) is 2. The highest BCUT2D eigenvalue weighted by Crippen LogP contribution is 2.41. The van der Waals surface area contributed by atoms with Crippen LogP contribution in [0.1, 0.15) is 62.3 Å². The van der Waals surface area contributed by atoms with Crippen LogP contribution in [0.25, 0.3) is 0 Å². The number of amides is 1. The second kappa shape index (κ2) is 9.30. The summed E-state index contributed by atoms with van der Waals surface area (Å²) in [5.41, 5.74) is 5.53. The average molecular weight is 413 g/mol. The lowest BCUT2D eigenvalue weighted by molar-refractivity contribution is 0.0496. The van der Waals surface area contributed by atoms with Crippen molar-refractivity contribution in [2.45, 2.75) is 84.5 Å². The van der Waals surface area contributed by atoms with Gasteiger partial charge in [-0.15, -0.1) is 0 Å². The van der Waals surface area contributed by atoms with E-state index < -0.39 is 20.5 Å². The van der Waals surface area contributed by atoms with Gasteiger partial charge in [-0.1, -0.05) is 41.5 Å². The highest BCUT2D eigenvalue weighted by molar-refractivity contribution is 6.77. The number of nitrogen functional groups attached to an aromatic ring is 1. The number of nitrogens with zero attached hydrogens (tertiary/aromatic N) is 2. The fourth-order valence-corrected chi connectivity index (χ4v) is 9.04. The smallest absolute Gasteiger partial charge is 0.407 e. The van der Waals surface area contributed by atoms with E-state index in [1.807, 2.05) is 31.5 Å². The quantitative estimate of drug-likeness (QED) is 0.530. The van der Waals surface area contributed by atoms with Gasteiger partial charge in [0.25, 0.3) is 0 Å². The minimum absolute atomic E-state index is 0.209. The fourth-order valence-electron chi connectivity index (χ4n) is 3.84. The molecule has 3 N–H and O–H groups in total. The Labute approximate surface area is 171 Å². The molecule has 0 aliphatic rings. The Balaban J connectivity index is 2.60. The highest BCUT2D eigenvalue weighted by atomic mass is 28.3. The largest absolute Gasteiger partial charge is 0.444 e. The van der Waals surface area contributed by atoms with E-state index in [1.165, 1.54) is 5.32 Å². The van der Waals surface area contributed by atoms with Gasteiger partial charge in [-0.3, -0.25) is 4.68 Å². The molecule has 1 aromatic heterocycles. The molecule has 0 fully saturated rings. The second-order valence-corrected chi connectivity index (χ2v) is 15.3. The lowest BCUT2D eigenvalue weighted by Crippen LogP contribution is -2.49. The fraction of sp³-hybridized carbons (Fsp3) is 0.800. The molecular weight excluding hydrogens is 372 g/mol. The summed E-state index contributed by atoms with van der Waals surface area (Å²) in [6, 6.07) is 2.04. The number of rotatable bonds is 7. The van der Waals surface area contributed by atoms with Gasteiger partial charge in [0.05, 0.1) is 19.8 Å². The van der Waals surface area contributed by atoms with Crippen molar-refractivity contribution >= 4 is 26.0 Å². The van der Waals surface area contributed by atoms with Crippen molar-refractivity contribution < 1.29 is 14.3 Å². The summed E-state index contributed by atoms with van der Waals surface area (Å²) in [4.78, 5) is 11.6. The van der Waals surface area contributed by atoms with Gasteiger partial charge < -0.3 is 20.5 Å². The van der Waals surface area contributed by atoms with E-state index in [0.717, 1.165) is 0 Å². The third kappa shape index (κ3) is 8.22. The maximum absolute atomic E-state index is 11.6. The number of alkyl carbamates (subject to hydrolysis) is 1. The van der Waals surface area contributed by atoms with Crippen molar-refractivity contribution in [2.24, 2.45) is 0 Å². The lowest BCUT2D eigenvalue weighted by atomic mass is 10.2. The molecule has 28 heavy (non-hydrogen) atoms. The summed E-state index contributed by atoms with van der Waals surface area (Å²) in [6.45, 7) is 21.3. The van der Waals surface area contributed by atoms with E-state index in [4.69, 9.17) is 15.2 Å². The molecule has 0 aliphatic carbocycles. The molecule has 0 saturated carbocycles. The van der Waals surface area contributed by atoms with E-state index in [1.54, 1.807) is 0 Å². The van der Waals surface area contributed by atoms with Gasteiger partial charge in [0.15, 0.2) is 0 Å². The number of carbonyl (C=O) groups excluding carboxylic acids is 1. The minimum atomic E-state index is -1.40. The van der Waals surface area contributed by atoms with Gasteiger partial charge in [0.1, 0.15) is 20.2 Å². The Kier molecular flexibility index (Phi) is 8.14. The maximum atomic E-state index is 11.6. The molecule has 1 amide bonds. The van der Waals surface area contributed by atoms with Crippen LogP contribution in [0.3, 0.4) is 0 Å². The first-order valence-corrected chi connectivity index (χ1v) is 11.7. The molecular formula is C20H40N4O3Si. The highest BCUT2D eigenvalue weighted by Gasteiger charge is 2.40. The Morgan fingerprint density at radius 1 is 1.11 bits per heavy atom. The van der Waals surface area contributed by atoms with Gasteiger partial charge >= 0.3 is 6.09 Å². The third-order valence-corrected chi connectivity index (χ3v) is 8.74. The van der Waals surface area contributed by atoms with Gasteiger partial charge in [0.2, 0.25) is 0 Å². The van der Waals surface area contributed by atoms with Crippen LogP contribution < -0.4 is 16.4 Å². The van der Waals surface area contributed by atoms with E-state index in [-0.39, 0.29) is 10.1 Å². The Hall–Kier alpha value is -1.54. The van der Waals surface area contributed by atoms with Gasteiger partial charge in [0, 0.05) is 11.9 Å². The molecule has 0 aliphatic heterocycles. The van der Waals surface area contributed by atoms with Crippen LogP contribution in [-0.4, -0.2) is 50.0 Å². The Morgan fingerprint density at radius 3 is 2.18 bits per heavy atom. The van der Waals surface area contributed by atoms with Crippen molar-refractivity contribution in [3.05, 3.63) is 6.07 Å². The number of hydrogen-bond acceptors (Lipinski definition) is 5. The molecule has 0 saturated heterocycles. The molecule has 0 bridgehead atoms. The third-order valence-electron chi connectivity index (χ3n) is 4.22. The summed E-state index contributed by atoms with van der Waals surface area (Å²) in [5.74, 6) is 0.563. The molecule has 1 rings (SSSR count). The first-order chi connectivity index (χ1) is 12.6. The van der Waals surface area contributed by atoms with Crippen LogP contribution in [0.5, 0.6) is 0 Å². The molecule has 162 valence electrons. The summed E-state index contributed by atoms with van der Waals surface area (Å²) in [7, 11) is -1.40. The van der Waals surface area contributed by atoms with Gasteiger partial charge in [-0.05, 0) is 36.9 Å². The van der Waals surface area contributed by atoms with E-state index >= 15 is 0 Å². The van der Waals surface area contributed by atoms with Crippen LogP contribution >= 0.6 is 0 Å². The maximum Gasteiger partial charge on any atom is 0.407 e. The first kappa shape index (κ1) is 24.5. The SMILES string of the molecule is CC(C)(C)OC(=O)NCCOCCn1nc(N)cc1[SiH](C(C)(C)C)C(C)(C)C. The van der Waals surface area contributed by atoms with Crippen molar-refractivity contribution in [3.8, 4) is 0 Å². The van der Waals surface area contributed by atoms with Crippen molar-refractivity contribution in [3.63, 3.8) is 0 Å². The molecule has 0 unspecified atom stereocenters. The van der Waals surface area contributed by atoms with Gasteiger partial charge in [-0.2, -0.15) is 5.10 Å². The number of nitrogens with one attached hydrogen (secondary N) is 1. The second-order valence-electron chi connectivity index (χ2n) is 10.4. The normalized spacial score (nSPS) is 13.1. The van der Waals surface area contributed by atoms with E-state index in [2.05, 4.69) is 52.0 Å². The molecule has 0 spiro atoms. The standard InChI is InChI=1S/C20H40N4O3Si/c1-18(2,3)27-17(25)22-10-12-26-13-11-24-16(14-15(21)23-24)28(19(4,5)6)20(7,8)9/h14,28H,10-13H2,1-9H3,(H2,21,23)(H,22,25). The number of ether oxygens (including phenoxy) is 2. The number of anilines is 1. The number of aromatic nitrogens is 2. The van der Waals surface area contributed by atoms with Crippen LogP contribution in [0.15, 0.2) is 6.07 Å². The molecule has 1 aromatic rings.